The summed E-state index contributed by atoms with van der Waals surface area (Å²) in [5, 5.41) is 5.90. The highest BCUT2D eigenvalue weighted by Gasteiger charge is 2.10. The number of amides is 1. The SMILES string of the molecule is CC(CN)C(=O)NCCc1nc(-c2ccncc2)cs1.Cl.Cl. The second kappa shape index (κ2) is 10.5. The van der Waals surface area contributed by atoms with Crippen molar-refractivity contribution in [3.63, 3.8) is 0 Å². The first-order chi connectivity index (χ1) is 9.70. The molecule has 0 fully saturated rings. The van der Waals surface area contributed by atoms with E-state index in [1.165, 1.54) is 0 Å². The highest BCUT2D eigenvalue weighted by atomic mass is 35.5. The number of thiazole rings is 1. The van der Waals surface area contributed by atoms with Crippen LogP contribution in [-0.2, 0) is 11.2 Å². The average molecular weight is 363 g/mol. The topological polar surface area (TPSA) is 80.9 Å². The number of halogens is 2. The maximum absolute atomic E-state index is 11.6. The smallest absolute Gasteiger partial charge is 0.224 e. The number of nitrogens with two attached hydrogens (primary N) is 1. The molecular formula is C14H20Cl2N4OS. The van der Waals surface area contributed by atoms with Gasteiger partial charge in [0, 0.05) is 48.8 Å². The third kappa shape index (κ3) is 5.88. The fraction of sp³-hybridized carbons (Fsp3) is 0.357. The Kier molecular flexibility index (Phi) is 9.93. The Morgan fingerprint density at radius 1 is 1.36 bits per heavy atom. The maximum atomic E-state index is 11.6. The summed E-state index contributed by atoms with van der Waals surface area (Å²) in [4.78, 5) is 20.1. The quantitative estimate of drug-likeness (QED) is 0.825. The van der Waals surface area contributed by atoms with Gasteiger partial charge in [0.1, 0.15) is 0 Å². The van der Waals surface area contributed by atoms with Crippen molar-refractivity contribution in [3.8, 4) is 11.3 Å². The number of rotatable bonds is 6. The molecule has 8 heteroatoms. The van der Waals surface area contributed by atoms with Gasteiger partial charge in [0.2, 0.25) is 5.91 Å². The van der Waals surface area contributed by atoms with Gasteiger partial charge < -0.3 is 11.1 Å². The standard InChI is InChI=1S/C14H18N4OS.2ClH/c1-10(8-15)14(19)17-7-4-13-18-12(9-20-13)11-2-5-16-6-3-11;;/h2-3,5-6,9-10H,4,7-8,15H2,1H3,(H,17,19);2*1H. The van der Waals surface area contributed by atoms with Gasteiger partial charge in [-0.15, -0.1) is 36.2 Å². The van der Waals surface area contributed by atoms with Crippen LogP contribution in [-0.4, -0.2) is 29.0 Å². The van der Waals surface area contributed by atoms with E-state index in [1.807, 2.05) is 24.4 Å². The summed E-state index contributed by atoms with van der Waals surface area (Å²) in [6, 6.07) is 3.87. The van der Waals surface area contributed by atoms with Gasteiger partial charge in [0.05, 0.1) is 10.7 Å². The van der Waals surface area contributed by atoms with E-state index in [2.05, 4.69) is 15.3 Å². The molecule has 0 aliphatic rings. The van der Waals surface area contributed by atoms with Gasteiger partial charge in [0.15, 0.2) is 0 Å². The summed E-state index contributed by atoms with van der Waals surface area (Å²) in [6.07, 6.45) is 4.24. The summed E-state index contributed by atoms with van der Waals surface area (Å²) in [7, 11) is 0. The zero-order chi connectivity index (χ0) is 14.4. The number of nitrogens with zero attached hydrogens (tertiary/aromatic N) is 2. The van der Waals surface area contributed by atoms with Crippen molar-refractivity contribution in [3.05, 3.63) is 34.9 Å². The molecule has 2 rings (SSSR count). The fourth-order valence-corrected chi connectivity index (χ4v) is 2.46. The summed E-state index contributed by atoms with van der Waals surface area (Å²) in [5.74, 6) is -0.142. The first-order valence-electron chi connectivity index (χ1n) is 6.53. The molecule has 0 aliphatic carbocycles. The van der Waals surface area contributed by atoms with Gasteiger partial charge in [0.25, 0.3) is 0 Å². The molecule has 0 radical (unpaired) electrons. The second-order valence-corrected chi connectivity index (χ2v) is 5.48. The molecule has 2 aromatic rings. The number of nitrogens with one attached hydrogen (secondary N) is 1. The summed E-state index contributed by atoms with van der Waals surface area (Å²) in [5.41, 5.74) is 7.46. The van der Waals surface area contributed by atoms with Crippen molar-refractivity contribution < 1.29 is 4.79 Å². The van der Waals surface area contributed by atoms with Gasteiger partial charge in [-0.3, -0.25) is 9.78 Å². The monoisotopic (exact) mass is 362 g/mol. The predicted molar refractivity (Wildman–Crippen MR) is 94.8 cm³/mol. The predicted octanol–water partition coefficient (Wildman–Crippen LogP) is 2.30. The van der Waals surface area contributed by atoms with Crippen molar-refractivity contribution >= 4 is 42.1 Å². The molecule has 0 aromatic carbocycles. The number of pyridine rings is 1. The molecule has 3 N–H and O–H groups in total. The summed E-state index contributed by atoms with van der Waals surface area (Å²) >= 11 is 1.60. The zero-order valence-electron chi connectivity index (χ0n) is 12.2. The van der Waals surface area contributed by atoms with Crippen LogP contribution in [0.2, 0.25) is 0 Å². The molecule has 0 bridgehead atoms. The van der Waals surface area contributed by atoms with Crippen molar-refractivity contribution in [2.75, 3.05) is 13.1 Å². The molecule has 0 spiro atoms. The van der Waals surface area contributed by atoms with E-state index in [0.29, 0.717) is 13.1 Å². The van der Waals surface area contributed by atoms with E-state index in [0.717, 1.165) is 22.7 Å². The van der Waals surface area contributed by atoms with Crippen LogP contribution in [0.5, 0.6) is 0 Å². The molecular weight excluding hydrogens is 343 g/mol. The Labute approximate surface area is 146 Å². The third-order valence-electron chi connectivity index (χ3n) is 2.97. The highest BCUT2D eigenvalue weighted by Crippen LogP contribution is 2.21. The van der Waals surface area contributed by atoms with E-state index in [9.17, 15) is 4.79 Å². The molecule has 2 aromatic heterocycles. The van der Waals surface area contributed by atoms with Crippen molar-refractivity contribution in [2.45, 2.75) is 13.3 Å². The van der Waals surface area contributed by atoms with Crippen LogP contribution in [0, 0.1) is 5.92 Å². The minimum atomic E-state index is -0.140. The van der Waals surface area contributed by atoms with E-state index < -0.39 is 0 Å². The number of aromatic nitrogens is 2. The van der Waals surface area contributed by atoms with Gasteiger partial charge in [-0.05, 0) is 12.1 Å². The minimum Gasteiger partial charge on any atom is -0.355 e. The Bertz CT molecular complexity index is 565. The molecule has 0 aliphatic heterocycles. The van der Waals surface area contributed by atoms with Crippen LogP contribution in [0.3, 0.4) is 0 Å². The normalized spacial score (nSPS) is 11.0. The second-order valence-electron chi connectivity index (χ2n) is 4.54. The Hall–Kier alpha value is -1.21. The number of carbonyl (C=O) groups excluding carboxylic acids is 1. The lowest BCUT2D eigenvalue weighted by Gasteiger charge is -2.08. The molecule has 5 nitrogen and oxygen atoms in total. The number of carbonyl (C=O) groups is 1. The number of hydrogen-bond acceptors (Lipinski definition) is 5. The van der Waals surface area contributed by atoms with Gasteiger partial charge in [-0.1, -0.05) is 6.92 Å². The van der Waals surface area contributed by atoms with E-state index in [4.69, 9.17) is 5.73 Å². The average Bonchev–Trinajstić information content (AvgIpc) is 2.96. The van der Waals surface area contributed by atoms with Crippen LogP contribution >= 0.6 is 36.2 Å². The largest absolute Gasteiger partial charge is 0.355 e. The third-order valence-corrected chi connectivity index (χ3v) is 3.88. The molecule has 0 saturated carbocycles. The maximum Gasteiger partial charge on any atom is 0.224 e. The van der Waals surface area contributed by atoms with Crippen LogP contribution in [0.4, 0.5) is 0 Å². The Morgan fingerprint density at radius 2 is 2.05 bits per heavy atom. The number of hydrogen-bond donors (Lipinski definition) is 2. The van der Waals surface area contributed by atoms with Gasteiger partial charge in [-0.25, -0.2) is 4.98 Å². The molecule has 2 heterocycles. The molecule has 1 atom stereocenters. The van der Waals surface area contributed by atoms with Gasteiger partial charge in [-0.2, -0.15) is 0 Å². The molecule has 122 valence electrons. The lowest BCUT2D eigenvalue weighted by molar-refractivity contribution is -0.124. The highest BCUT2D eigenvalue weighted by molar-refractivity contribution is 7.09. The van der Waals surface area contributed by atoms with Gasteiger partial charge >= 0.3 is 0 Å². The molecule has 0 saturated heterocycles. The van der Waals surface area contributed by atoms with Crippen LogP contribution in [0.15, 0.2) is 29.9 Å². The summed E-state index contributed by atoms with van der Waals surface area (Å²) in [6.45, 7) is 2.78. The van der Waals surface area contributed by atoms with Crippen LogP contribution in [0.25, 0.3) is 11.3 Å². The molecule has 1 amide bonds. The zero-order valence-corrected chi connectivity index (χ0v) is 14.6. The lowest BCUT2D eigenvalue weighted by atomic mass is 10.2. The van der Waals surface area contributed by atoms with Crippen LogP contribution < -0.4 is 11.1 Å². The van der Waals surface area contributed by atoms with E-state index >= 15 is 0 Å². The van der Waals surface area contributed by atoms with Crippen LogP contribution in [0.1, 0.15) is 11.9 Å². The lowest BCUT2D eigenvalue weighted by Crippen LogP contribution is -2.34. The Morgan fingerprint density at radius 3 is 2.68 bits per heavy atom. The van der Waals surface area contributed by atoms with Crippen molar-refractivity contribution in [1.29, 1.82) is 0 Å². The van der Waals surface area contributed by atoms with Crippen molar-refractivity contribution in [1.82, 2.24) is 15.3 Å². The summed E-state index contributed by atoms with van der Waals surface area (Å²) < 4.78 is 0. The Balaban J connectivity index is 0.00000220. The van der Waals surface area contributed by atoms with Crippen molar-refractivity contribution in [2.24, 2.45) is 11.7 Å². The molecule has 22 heavy (non-hydrogen) atoms. The van der Waals surface area contributed by atoms with E-state index in [-0.39, 0.29) is 36.6 Å². The first-order valence-corrected chi connectivity index (χ1v) is 7.41. The van der Waals surface area contributed by atoms with E-state index in [1.54, 1.807) is 23.7 Å². The fourth-order valence-electron chi connectivity index (χ4n) is 1.65. The first kappa shape index (κ1) is 20.8. The minimum absolute atomic E-state index is 0. The molecule has 1 unspecified atom stereocenters.